The number of carbonyl (C=O) groups is 2. The molecule has 2 aliphatic rings. The van der Waals surface area contributed by atoms with Crippen LogP contribution in [0.3, 0.4) is 0 Å². The zero-order valence-electron chi connectivity index (χ0n) is 15.7. The third kappa shape index (κ3) is 2.72. The van der Waals surface area contributed by atoms with Crippen LogP contribution in [0.15, 0.2) is 60.7 Å². The molecule has 0 saturated heterocycles. The molecule has 2 aliphatic heterocycles. The van der Waals surface area contributed by atoms with Crippen LogP contribution in [0, 0.1) is 6.92 Å². The van der Waals surface area contributed by atoms with Gasteiger partial charge in [0.05, 0.1) is 17.3 Å². The number of nitrogens with zero attached hydrogens (tertiary/aromatic N) is 1. The number of fused-ring (bicyclic) bond motifs is 2. The molecule has 144 valence electrons. The first-order valence-electron chi connectivity index (χ1n) is 9.31. The zero-order valence-corrected chi connectivity index (χ0v) is 15.7. The Kier molecular flexibility index (Phi) is 3.81. The zero-order chi connectivity index (χ0) is 20.1. The minimum atomic E-state index is -0.435. The number of aromatic hydroxyl groups is 1. The van der Waals surface area contributed by atoms with Gasteiger partial charge in [-0.3, -0.25) is 14.5 Å². The first-order valence-corrected chi connectivity index (χ1v) is 9.31. The largest absolute Gasteiger partial charge is 0.507 e. The molecule has 1 atom stereocenters. The topological polar surface area (TPSA) is 78.9 Å². The molecular weight excluding hydrogens is 368 g/mol. The number of hydrogen-bond acceptors (Lipinski definition) is 4. The predicted molar refractivity (Wildman–Crippen MR) is 109 cm³/mol. The van der Waals surface area contributed by atoms with Crippen LogP contribution < -0.4 is 15.0 Å². The maximum absolute atomic E-state index is 13.3. The van der Waals surface area contributed by atoms with Gasteiger partial charge in [-0.15, -0.1) is 0 Å². The molecule has 1 unspecified atom stereocenters. The summed E-state index contributed by atoms with van der Waals surface area (Å²) in [6, 6.07) is 17.9. The fraction of sp³-hybridized carbons (Fsp3) is 0.130. The number of ether oxygens (including phenoxy) is 1. The van der Waals surface area contributed by atoms with E-state index < -0.39 is 6.04 Å². The lowest BCUT2D eigenvalue weighted by atomic mass is 9.96. The summed E-state index contributed by atoms with van der Waals surface area (Å²) in [5, 5.41) is 13.2. The van der Waals surface area contributed by atoms with Crippen LogP contribution in [0.25, 0.3) is 0 Å². The van der Waals surface area contributed by atoms with E-state index in [1.807, 2.05) is 49.4 Å². The van der Waals surface area contributed by atoms with Crippen LogP contribution >= 0.6 is 0 Å². The summed E-state index contributed by atoms with van der Waals surface area (Å²) in [6.07, 6.45) is 0. The van der Waals surface area contributed by atoms with Gasteiger partial charge in [-0.1, -0.05) is 30.3 Å². The smallest absolute Gasteiger partial charge is 0.263 e. The highest BCUT2D eigenvalue weighted by Crippen LogP contribution is 2.45. The summed E-state index contributed by atoms with van der Waals surface area (Å²) in [4.78, 5) is 26.8. The highest BCUT2D eigenvalue weighted by Gasteiger charge is 2.41. The van der Waals surface area contributed by atoms with Crippen LogP contribution in [-0.2, 0) is 4.79 Å². The van der Waals surface area contributed by atoms with Crippen LogP contribution in [0.2, 0.25) is 0 Å². The molecule has 6 nitrogen and oxygen atoms in total. The van der Waals surface area contributed by atoms with E-state index >= 15 is 0 Å². The standard InChI is InChI=1S/C23H18N2O4/c1-13-4-2-5-15(10-13)25-22(16-6-3-7-18(26)21(16)23(25)28)14-8-9-19-17(11-14)24-20(27)12-29-19/h2-11,22,26H,12H2,1H3,(H,24,27). The molecule has 0 spiro atoms. The highest BCUT2D eigenvalue weighted by molar-refractivity contribution is 6.13. The summed E-state index contributed by atoms with van der Waals surface area (Å²) in [7, 11) is 0. The predicted octanol–water partition coefficient (Wildman–Crippen LogP) is 3.78. The molecule has 3 aromatic carbocycles. The molecule has 0 aromatic heterocycles. The van der Waals surface area contributed by atoms with Crippen LogP contribution in [0.4, 0.5) is 11.4 Å². The Morgan fingerprint density at radius 2 is 1.90 bits per heavy atom. The Balaban J connectivity index is 1.70. The number of aryl methyl sites for hydroxylation is 1. The molecule has 3 aromatic rings. The van der Waals surface area contributed by atoms with Gasteiger partial charge in [0.2, 0.25) is 0 Å². The number of phenolic OH excluding ortho intramolecular Hbond substituents is 1. The number of rotatable bonds is 2. The van der Waals surface area contributed by atoms with Crippen molar-refractivity contribution in [2.24, 2.45) is 0 Å². The van der Waals surface area contributed by atoms with Crippen LogP contribution in [-0.4, -0.2) is 23.5 Å². The van der Waals surface area contributed by atoms with Crippen molar-refractivity contribution in [2.75, 3.05) is 16.8 Å². The van der Waals surface area contributed by atoms with E-state index in [1.165, 1.54) is 6.07 Å². The minimum absolute atomic E-state index is 0.0135. The van der Waals surface area contributed by atoms with E-state index in [-0.39, 0.29) is 24.2 Å². The number of anilines is 2. The molecule has 0 radical (unpaired) electrons. The fourth-order valence-electron chi connectivity index (χ4n) is 4.04. The molecule has 6 heteroatoms. The van der Waals surface area contributed by atoms with Crippen molar-refractivity contribution in [2.45, 2.75) is 13.0 Å². The fourth-order valence-corrected chi connectivity index (χ4v) is 4.04. The van der Waals surface area contributed by atoms with Crippen molar-refractivity contribution in [3.8, 4) is 11.5 Å². The molecule has 2 N–H and O–H groups in total. The molecular formula is C23H18N2O4. The van der Waals surface area contributed by atoms with Crippen molar-refractivity contribution in [1.29, 1.82) is 0 Å². The Morgan fingerprint density at radius 1 is 1.07 bits per heavy atom. The second-order valence-electron chi connectivity index (χ2n) is 7.25. The van der Waals surface area contributed by atoms with E-state index in [0.717, 1.165) is 22.4 Å². The summed E-state index contributed by atoms with van der Waals surface area (Å²) in [6.45, 7) is 1.95. The molecule has 0 saturated carbocycles. The molecule has 2 amide bonds. The summed E-state index contributed by atoms with van der Waals surface area (Å²) in [5.74, 6) is 0.0793. The van der Waals surface area contributed by atoms with E-state index in [2.05, 4.69) is 5.32 Å². The van der Waals surface area contributed by atoms with E-state index in [1.54, 1.807) is 17.0 Å². The van der Waals surface area contributed by atoms with E-state index in [0.29, 0.717) is 17.0 Å². The average Bonchev–Trinajstić information content (AvgIpc) is 3.01. The second kappa shape index (κ2) is 6.38. The SMILES string of the molecule is Cc1cccc(N2C(=O)c3c(O)cccc3C2c2ccc3c(c2)NC(=O)CO3)c1. The summed E-state index contributed by atoms with van der Waals surface area (Å²) >= 11 is 0. The van der Waals surface area contributed by atoms with Gasteiger partial charge in [0.15, 0.2) is 6.61 Å². The lowest BCUT2D eigenvalue weighted by molar-refractivity contribution is -0.118. The van der Waals surface area contributed by atoms with Gasteiger partial charge in [-0.05, 0) is 53.9 Å². The van der Waals surface area contributed by atoms with Crippen LogP contribution in [0.1, 0.15) is 33.1 Å². The molecule has 0 aliphatic carbocycles. The third-order valence-corrected chi connectivity index (χ3v) is 5.29. The average molecular weight is 386 g/mol. The number of carbonyl (C=O) groups excluding carboxylic acids is 2. The number of hydrogen-bond donors (Lipinski definition) is 2. The number of phenols is 1. The maximum Gasteiger partial charge on any atom is 0.263 e. The molecule has 29 heavy (non-hydrogen) atoms. The van der Waals surface area contributed by atoms with Crippen molar-refractivity contribution in [1.82, 2.24) is 0 Å². The lowest BCUT2D eigenvalue weighted by Crippen LogP contribution is -2.29. The summed E-state index contributed by atoms with van der Waals surface area (Å²) in [5.41, 5.74) is 4.18. The Labute approximate surface area is 167 Å². The Bertz CT molecular complexity index is 1170. The van der Waals surface area contributed by atoms with Gasteiger partial charge >= 0.3 is 0 Å². The van der Waals surface area contributed by atoms with Gasteiger partial charge in [0, 0.05) is 5.69 Å². The molecule has 5 rings (SSSR count). The summed E-state index contributed by atoms with van der Waals surface area (Å²) < 4.78 is 5.46. The van der Waals surface area contributed by atoms with Gasteiger partial charge in [0.25, 0.3) is 11.8 Å². The van der Waals surface area contributed by atoms with Crippen molar-refractivity contribution >= 4 is 23.2 Å². The van der Waals surface area contributed by atoms with Gasteiger partial charge in [-0.25, -0.2) is 0 Å². The Morgan fingerprint density at radius 3 is 2.72 bits per heavy atom. The quantitative estimate of drug-likeness (QED) is 0.703. The Hall–Kier alpha value is -3.80. The minimum Gasteiger partial charge on any atom is -0.507 e. The third-order valence-electron chi connectivity index (χ3n) is 5.29. The van der Waals surface area contributed by atoms with Gasteiger partial charge in [0.1, 0.15) is 11.5 Å². The van der Waals surface area contributed by atoms with Crippen molar-refractivity contribution in [3.05, 3.63) is 82.9 Å². The molecule has 2 heterocycles. The highest BCUT2D eigenvalue weighted by atomic mass is 16.5. The van der Waals surface area contributed by atoms with Crippen molar-refractivity contribution < 1.29 is 19.4 Å². The first-order chi connectivity index (χ1) is 14.0. The van der Waals surface area contributed by atoms with E-state index in [9.17, 15) is 14.7 Å². The molecule has 0 bridgehead atoms. The van der Waals surface area contributed by atoms with Gasteiger partial charge < -0.3 is 15.2 Å². The van der Waals surface area contributed by atoms with Crippen LogP contribution in [0.5, 0.6) is 11.5 Å². The number of amides is 2. The number of benzene rings is 3. The van der Waals surface area contributed by atoms with E-state index in [4.69, 9.17) is 4.74 Å². The monoisotopic (exact) mass is 386 g/mol. The lowest BCUT2D eigenvalue weighted by Gasteiger charge is -2.27. The number of nitrogens with one attached hydrogen (secondary N) is 1. The maximum atomic E-state index is 13.3. The second-order valence-corrected chi connectivity index (χ2v) is 7.25. The normalized spacial score (nSPS) is 17.4. The van der Waals surface area contributed by atoms with Gasteiger partial charge in [-0.2, -0.15) is 0 Å². The van der Waals surface area contributed by atoms with Crippen molar-refractivity contribution in [3.63, 3.8) is 0 Å². The first kappa shape index (κ1) is 17.3. The molecule has 0 fully saturated rings.